The number of nitrogens with one attached hydrogen (secondary N) is 2. The maximum atomic E-state index is 5.71. The average Bonchev–Trinajstić information content (AvgIpc) is 2.78. The number of hydrogen-bond donors (Lipinski definition) is 2. The highest BCUT2D eigenvalue weighted by atomic mass is 127. The van der Waals surface area contributed by atoms with Gasteiger partial charge in [-0.25, -0.2) is 9.97 Å². The van der Waals surface area contributed by atoms with Crippen molar-refractivity contribution < 1.29 is 4.74 Å². The van der Waals surface area contributed by atoms with E-state index in [1.165, 1.54) is 0 Å². The molecule has 2 aromatic rings. The van der Waals surface area contributed by atoms with Crippen LogP contribution < -0.4 is 20.3 Å². The van der Waals surface area contributed by atoms with Crippen molar-refractivity contribution in [2.75, 3.05) is 63.9 Å². The fourth-order valence-electron chi connectivity index (χ4n) is 3.13. The first-order valence-electron chi connectivity index (χ1n) is 10.3. The molecule has 1 fully saturated rings. The number of anilines is 1. The normalized spacial score (nSPS) is 14.7. The van der Waals surface area contributed by atoms with Crippen LogP contribution in [0.1, 0.15) is 6.92 Å². The molecule has 0 radical (unpaired) electrons. The highest BCUT2D eigenvalue weighted by Gasteiger charge is 2.18. The molecular formula is C21H32IN7O. The predicted octanol–water partition coefficient (Wildman–Crippen LogP) is 1.85. The average molecular weight is 525 g/mol. The van der Waals surface area contributed by atoms with Crippen LogP contribution in [0.15, 0.2) is 53.8 Å². The summed E-state index contributed by atoms with van der Waals surface area (Å²) in [5.41, 5.74) is 0. The number of ether oxygens (including phenoxy) is 1. The highest BCUT2D eigenvalue weighted by molar-refractivity contribution is 14.0. The van der Waals surface area contributed by atoms with Crippen LogP contribution in [0.4, 0.5) is 5.95 Å². The maximum Gasteiger partial charge on any atom is 0.225 e. The summed E-state index contributed by atoms with van der Waals surface area (Å²) in [7, 11) is 0. The standard InChI is InChI=1S/C21H31N7O.HI/c1-2-22-20(24-12-18-29-19-7-4-3-5-8-19)23-11-13-27-14-16-28(17-15-27)21-25-9-6-10-26-21;/h3-10H,2,11-18H2,1H3,(H2,22,23,24);1H. The minimum atomic E-state index is 0. The molecule has 0 aliphatic carbocycles. The van der Waals surface area contributed by atoms with Gasteiger partial charge in [0, 0.05) is 51.7 Å². The summed E-state index contributed by atoms with van der Waals surface area (Å²) in [5.74, 6) is 2.54. The summed E-state index contributed by atoms with van der Waals surface area (Å²) in [6.45, 7) is 9.81. The van der Waals surface area contributed by atoms with Gasteiger partial charge in [-0.1, -0.05) is 18.2 Å². The van der Waals surface area contributed by atoms with E-state index in [9.17, 15) is 0 Å². The number of benzene rings is 1. The van der Waals surface area contributed by atoms with Gasteiger partial charge < -0.3 is 20.3 Å². The van der Waals surface area contributed by atoms with Crippen LogP contribution in [0.3, 0.4) is 0 Å². The minimum absolute atomic E-state index is 0. The molecule has 0 bridgehead atoms. The first-order valence-corrected chi connectivity index (χ1v) is 10.3. The van der Waals surface area contributed by atoms with Gasteiger partial charge in [0.15, 0.2) is 5.96 Å². The minimum Gasteiger partial charge on any atom is -0.492 e. The lowest BCUT2D eigenvalue weighted by Gasteiger charge is -2.34. The number of aliphatic imine (C=N–C) groups is 1. The van der Waals surface area contributed by atoms with Crippen molar-refractivity contribution in [3.63, 3.8) is 0 Å². The van der Waals surface area contributed by atoms with Crippen molar-refractivity contribution in [1.82, 2.24) is 25.5 Å². The second-order valence-corrected chi connectivity index (χ2v) is 6.73. The number of guanidine groups is 1. The van der Waals surface area contributed by atoms with E-state index in [2.05, 4.69) is 42.3 Å². The quantitative estimate of drug-likeness (QED) is 0.224. The Hall–Kier alpha value is -2.14. The lowest BCUT2D eigenvalue weighted by Crippen LogP contribution is -2.48. The Morgan fingerprint density at radius 2 is 1.77 bits per heavy atom. The molecule has 1 aliphatic rings. The fraction of sp³-hybridized carbons (Fsp3) is 0.476. The summed E-state index contributed by atoms with van der Waals surface area (Å²) >= 11 is 0. The topological polar surface area (TPSA) is 77.9 Å². The van der Waals surface area contributed by atoms with Crippen LogP contribution in [0.5, 0.6) is 5.75 Å². The van der Waals surface area contributed by atoms with Gasteiger partial charge in [0.2, 0.25) is 5.95 Å². The molecule has 1 saturated heterocycles. The number of nitrogens with zero attached hydrogens (tertiary/aromatic N) is 5. The largest absolute Gasteiger partial charge is 0.492 e. The number of halogens is 1. The van der Waals surface area contributed by atoms with Crippen LogP contribution in [0, 0.1) is 0 Å². The van der Waals surface area contributed by atoms with E-state index in [0.29, 0.717) is 13.2 Å². The number of para-hydroxylation sites is 1. The molecule has 3 rings (SSSR count). The van der Waals surface area contributed by atoms with Gasteiger partial charge in [-0.2, -0.15) is 0 Å². The second kappa shape index (κ2) is 14.0. The molecule has 164 valence electrons. The van der Waals surface area contributed by atoms with Crippen molar-refractivity contribution in [3.8, 4) is 5.75 Å². The summed E-state index contributed by atoms with van der Waals surface area (Å²) < 4.78 is 5.71. The van der Waals surface area contributed by atoms with Crippen LogP contribution >= 0.6 is 24.0 Å². The fourth-order valence-corrected chi connectivity index (χ4v) is 3.13. The second-order valence-electron chi connectivity index (χ2n) is 6.73. The third-order valence-electron chi connectivity index (χ3n) is 4.64. The van der Waals surface area contributed by atoms with Crippen LogP contribution in [-0.4, -0.2) is 79.8 Å². The van der Waals surface area contributed by atoms with Crippen molar-refractivity contribution in [1.29, 1.82) is 0 Å². The molecule has 0 saturated carbocycles. The Balaban J connectivity index is 0.00000320. The van der Waals surface area contributed by atoms with Gasteiger partial charge in [0.25, 0.3) is 0 Å². The summed E-state index contributed by atoms with van der Waals surface area (Å²) in [4.78, 5) is 18.0. The summed E-state index contributed by atoms with van der Waals surface area (Å²) in [5, 5.41) is 6.62. The van der Waals surface area contributed by atoms with Gasteiger partial charge in [0.05, 0.1) is 13.1 Å². The number of hydrogen-bond acceptors (Lipinski definition) is 6. The molecule has 2 N–H and O–H groups in total. The Morgan fingerprint density at radius 3 is 2.47 bits per heavy atom. The lowest BCUT2D eigenvalue weighted by atomic mass is 10.3. The molecule has 1 aromatic heterocycles. The Kier molecular flexibility index (Phi) is 11.2. The number of piperazine rings is 1. The van der Waals surface area contributed by atoms with Crippen LogP contribution in [-0.2, 0) is 0 Å². The molecule has 9 heteroatoms. The zero-order valence-corrected chi connectivity index (χ0v) is 19.9. The summed E-state index contributed by atoms with van der Waals surface area (Å²) in [6.07, 6.45) is 3.59. The molecule has 1 aromatic carbocycles. The smallest absolute Gasteiger partial charge is 0.225 e. The van der Waals surface area contributed by atoms with Crippen molar-refractivity contribution in [2.45, 2.75) is 6.92 Å². The lowest BCUT2D eigenvalue weighted by molar-refractivity contribution is 0.263. The molecule has 2 heterocycles. The third kappa shape index (κ3) is 8.31. The maximum absolute atomic E-state index is 5.71. The molecular weight excluding hydrogens is 493 g/mol. The van der Waals surface area contributed by atoms with Crippen molar-refractivity contribution in [2.24, 2.45) is 4.99 Å². The predicted molar refractivity (Wildman–Crippen MR) is 132 cm³/mol. The molecule has 30 heavy (non-hydrogen) atoms. The van der Waals surface area contributed by atoms with Crippen molar-refractivity contribution in [3.05, 3.63) is 48.8 Å². The molecule has 0 atom stereocenters. The zero-order chi connectivity index (χ0) is 20.2. The SMILES string of the molecule is CCNC(=NCCN1CCN(c2ncccn2)CC1)NCCOc1ccccc1.I. The van der Waals surface area contributed by atoms with E-state index < -0.39 is 0 Å². The Bertz CT molecular complexity index is 725. The van der Waals surface area contributed by atoms with E-state index in [1.807, 2.05) is 36.4 Å². The van der Waals surface area contributed by atoms with Gasteiger partial charge in [-0.15, -0.1) is 24.0 Å². The Labute approximate surface area is 196 Å². The molecule has 0 unspecified atom stereocenters. The van der Waals surface area contributed by atoms with Crippen LogP contribution in [0.2, 0.25) is 0 Å². The van der Waals surface area contributed by atoms with E-state index in [4.69, 9.17) is 4.74 Å². The van der Waals surface area contributed by atoms with E-state index in [-0.39, 0.29) is 24.0 Å². The van der Waals surface area contributed by atoms with E-state index in [0.717, 1.165) is 63.5 Å². The van der Waals surface area contributed by atoms with Gasteiger partial charge in [-0.3, -0.25) is 9.89 Å². The van der Waals surface area contributed by atoms with Crippen molar-refractivity contribution >= 4 is 35.9 Å². The molecule has 8 nitrogen and oxygen atoms in total. The van der Waals surface area contributed by atoms with E-state index in [1.54, 1.807) is 12.4 Å². The van der Waals surface area contributed by atoms with Gasteiger partial charge in [-0.05, 0) is 25.1 Å². The zero-order valence-electron chi connectivity index (χ0n) is 17.5. The first kappa shape index (κ1) is 24.1. The number of aromatic nitrogens is 2. The molecule has 1 aliphatic heterocycles. The molecule has 0 amide bonds. The monoisotopic (exact) mass is 525 g/mol. The van der Waals surface area contributed by atoms with E-state index >= 15 is 0 Å². The first-order chi connectivity index (χ1) is 14.3. The van der Waals surface area contributed by atoms with Crippen LogP contribution in [0.25, 0.3) is 0 Å². The van der Waals surface area contributed by atoms with Gasteiger partial charge in [0.1, 0.15) is 12.4 Å². The highest BCUT2D eigenvalue weighted by Crippen LogP contribution is 2.09. The molecule has 0 spiro atoms. The summed E-state index contributed by atoms with van der Waals surface area (Å²) in [6, 6.07) is 11.7. The third-order valence-corrected chi connectivity index (χ3v) is 4.64. The number of rotatable bonds is 9. The van der Waals surface area contributed by atoms with Gasteiger partial charge >= 0.3 is 0 Å². The Morgan fingerprint density at radius 1 is 1.03 bits per heavy atom.